The lowest BCUT2D eigenvalue weighted by Crippen LogP contribution is -2.37. The lowest BCUT2D eigenvalue weighted by atomic mass is 10.0. The molecule has 1 fully saturated rings. The number of nitriles is 2. The summed E-state index contributed by atoms with van der Waals surface area (Å²) in [5.74, 6) is -1.41. The number of benzene rings is 2. The van der Waals surface area contributed by atoms with Gasteiger partial charge < -0.3 is 29.2 Å². The summed E-state index contributed by atoms with van der Waals surface area (Å²) >= 11 is 6.45. The molecule has 5 rings (SSSR count). The van der Waals surface area contributed by atoms with E-state index in [1.165, 1.54) is 102 Å². The number of fused-ring (bicyclic) bond motifs is 1. The van der Waals surface area contributed by atoms with E-state index in [2.05, 4.69) is 17.0 Å². The maximum atomic E-state index is 14.7. The molecule has 3 heterocycles. The summed E-state index contributed by atoms with van der Waals surface area (Å²) < 4.78 is 73.0. The van der Waals surface area contributed by atoms with E-state index in [-0.39, 0.29) is 35.4 Å². The first-order chi connectivity index (χ1) is 31.9. The summed E-state index contributed by atoms with van der Waals surface area (Å²) in [5.41, 5.74) is 7.81. The molecule has 0 radical (unpaired) electrons. The lowest BCUT2D eigenvalue weighted by Gasteiger charge is -2.27. The number of anilines is 1. The highest BCUT2D eigenvalue weighted by Gasteiger charge is 2.49. The van der Waals surface area contributed by atoms with Gasteiger partial charge in [-0.1, -0.05) is 140 Å². The quantitative estimate of drug-likeness (QED) is 0.0277. The standard InChI is InChI=1S/C49H67ClFN6O8P/c1-4-5-6-7-8-9-10-11-12-13-14-15-16-17-18-19-20-23-40(59-32-38-28-37(31-52)29-39(51)30-38)33-61-66(58,65-44-25-22-21-24-41(44)50)62-34-45(60-35-53)47-46(63-49(2,3)64-47)42-26-27-43-48(54)55-36-56-57(42)43/h21-22,24-30,36,40,45-47H,4-20,23,32-34H2,1-3H3,(H2,54,55,56)/t40-,45-,46+,47-,66?/m1/s1. The Bertz CT molecular complexity index is 2220. The molecule has 1 aliphatic rings. The van der Waals surface area contributed by atoms with Crippen LogP contribution >= 0.6 is 19.4 Å². The average Bonchev–Trinajstić information content (AvgIpc) is 3.88. The zero-order valence-electron chi connectivity index (χ0n) is 38.7. The van der Waals surface area contributed by atoms with Gasteiger partial charge in [0.2, 0.25) is 0 Å². The van der Waals surface area contributed by atoms with Crippen molar-refractivity contribution in [1.82, 2.24) is 14.6 Å². The number of hydrogen-bond donors (Lipinski definition) is 1. The van der Waals surface area contributed by atoms with Gasteiger partial charge in [0.1, 0.15) is 42.2 Å². The lowest BCUT2D eigenvalue weighted by molar-refractivity contribution is -0.157. The van der Waals surface area contributed by atoms with Crippen molar-refractivity contribution in [3.8, 4) is 18.1 Å². The van der Waals surface area contributed by atoms with E-state index < -0.39 is 50.4 Å². The summed E-state index contributed by atoms with van der Waals surface area (Å²) in [6.45, 7) is 4.89. The van der Waals surface area contributed by atoms with Crippen molar-refractivity contribution >= 4 is 30.8 Å². The Morgan fingerprint density at radius 1 is 0.879 bits per heavy atom. The summed E-state index contributed by atoms with van der Waals surface area (Å²) in [6, 6.07) is 15.9. The summed E-state index contributed by atoms with van der Waals surface area (Å²) in [6.07, 6.45) is 21.0. The van der Waals surface area contributed by atoms with Gasteiger partial charge in [0.15, 0.2) is 17.7 Å². The highest BCUT2D eigenvalue weighted by atomic mass is 35.5. The number of para-hydroxylation sites is 1. The first-order valence-electron chi connectivity index (χ1n) is 23.6. The number of nitrogen functional groups attached to an aromatic ring is 1. The highest BCUT2D eigenvalue weighted by Crippen LogP contribution is 2.52. The molecule has 2 N–H and O–H groups in total. The van der Waals surface area contributed by atoms with Crippen LogP contribution in [0.25, 0.3) is 5.52 Å². The van der Waals surface area contributed by atoms with Crippen LogP contribution in [0.1, 0.15) is 159 Å². The minimum absolute atomic E-state index is 0.0325. The Labute approximate surface area is 394 Å². The normalized spacial score (nSPS) is 17.5. The Kier molecular flexibility index (Phi) is 21.9. The molecule has 0 spiro atoms. The third-order valence-electron chi connectivity index (χ3n) is 11.6. The molecule has 17 heteroatoms. The molecule has 360 valence electrons. The summed E-state index contributed by atoms with van der Waals surface area (Å²) in [5, 5.41) is 23.7. The topological polar surface area (TPSA) is 185 Å². The minimum atomic E-state index is -4.59. The fourth-order valence-electron chi connectivity index (χ4n) is 8.13. The van der Waals surface area contributed by atoms with Gasteiger partial charge in [0.25, 0.3) is 6.26 Å². The van der Waals surface area contributed by atoms with E-state index in [4.69, 9.17) is 49.9 Å². The second-order valence-corrected chi connectivity index (χ2v) is 19.4. The molecule has 0 saturated carbocycles. The van der Waals surface area contributed by atoms with Crippen molar-refractivity contribution in [3.63, 3.8) is 0 Å². The Hall–Kier alpha value is -4.31. The largest absolute Gasteiger partial charge is 0.530 e. The van der Waals surface area contributed by atoms with Crippen molar-refractivity contribution in [1.29, 1.82) is 10.5 Å². The van der Waals surface area contributed by atoms with Gasteiger partial charge in [-0.3, -0.25) is 9.05 Å². The van der Waals surface area contributed by atoms with Gasteiger partial charge in [-0.25, -0.2) is 18.5 Å². The number of halogens is 2. The number of ether oxygens (including phenoxy) is 4. The van der Waals surface area contributed by atoms with Crippen LogP contribution in [0.4, 0.5) is 10.2 Å². The van der Waals surface area contributed by atoms with Gasteiger partial charge in [-0.15, -0.1) is 0 Å². The molecule has 66 heavy (non-hydrogen) atoms. The number of phosphoric ester groups is 1. The fraction of sp³-hybridized carbons (Fsp3) is 0.592. The van der Waals surface area contributed by atoms with E-state index in [1.54, 1.807) is 61.0 Å². The second kappa shape index (κ2) is 27.5. The molecular formula is C49H67ClFN6O8P. The van der Waals surface area contributed by atoms with Crippen LogP contribution < -0.4 is 10.3 Å². The van der Waals surface area contributed by atoms with Crippen molar-refractivity contribution < 1.29 is 41.5 Å². The first kappa shape index (κ1) is 52.7. The van der Waals surface area contributed by atoms with Gasteiger partial charge in [0.05, 0.1) is 41.7 Å². The Morgan fingerprint density at radius 2 is 1.52 bits per heavy atom. The van der Waals surface area contributed by atoms with E-state index in [1.807, 2.05) is 6.07 Å². The molecular weight excluding hydrogens is 886 g/mol. The number of aromatic nitrogens is 3. The molecule has 4 aromatic rings. The highest BCUT2D eigenvalue weighted by molar-refractivity contribution is 7.48. The van der Waals surface area contributed by atoms with Crippen LogP contribution in [0.2, 0.25) is 5.02 Å². The molecule has 0 aliphatic carbocycles. The third-order valence-corrected chi connectivity index (χ3v) is 13.2. The SMILES string of the molecule is CCCCCCCCCCCCCCCCCCC[C@H](COP(=O)(OC[C@@H](OC#N)[C@H]1OC(C)(C)O[C@H]1c1ccc2c(N)ncnn12)Oc1ccccc1Cl)OCc1cc(F)cc(C#N)c1. The van der Waals surface area contributed by atoms with Crippen LogP contribution in [0.5, 0.6) is 5.75 Å². The predicted octanol–water partition coefficient (Wildman–Crippen LogP) is 12.9. The molecule has 1 unspecified atom stereocenters. The van der Waals surface area contributed by atoms with Crippen LogP contribution in [0.15, 0.2) is 60.9 Å². The summed E-state index contributed by atoms with van der Waals surface area (Å²) in [7, 11) is -4.59. The van der Waals surface area contributed by atoms with E-state index in [0.717, 1.165) is 31.7 Å². The predicted molar refractivity (Wildman–Crippen MR) is 251 cm³/mol. The monoisotopic (exact) mass is 952 g/mol. The summed E-state index contributed by atoms with van der Waals surface area (Å²) in [4.78, 5) is 4.06. The number of hydrogen-bond acceptors (Lipinski definition) is 13. The number of unbranched alkanes of at least 4 members (excludes halogenated alkanes) is 16. The second-order valence-electron chi connectivity index (χ2n) is 17.4. The maximum Gasteiger partial charge on any atom is 0.530 e. The minimum Gasteiger partial charge on any atom is -0.419 e. The Morgan fingerprint density at radius 3 is 2.15 bits per heavy atom. The zero-order valence-corrected chi connectivity index (χ0v) is 40.4. The molecule has 1 aliphatic heterocycles. The van der Waals surface area contributed by atoms with Gasteiger partial charge in [0, 0.05) is 0 Å². The van der Waals surface area contributed by atoms with E-state index in [0.29, 0.717) is 23.2 Å². The maximum absolute atomic E-state index is 14.7. The smallest absolute Gasteiger partial charge is 0.419 e. The molecule has 5 atom stereocenters. The van der Waals surface area contributed by atoms with Crippen molar-refractivity contribution in [2.45, 2.75) is 173 Å². The number of phosphoric acid groups is 1. The first-order valence-corrected chi connectivity index (χ1v) is 25.4. The van der Waals surface area contributed by atoms with Gasteiger partial charge >= 0.3 is 7.82 Å². The zero-order chi connectivity index (χ0) is 47.2. The van der Waals surface area contributed by atoms with Crippen LogP contribution in [0, 0.1) is 28.7 Å². The number of rotatable bonds is 32. The van der Waals surface area contributed by atoms with Crippen LogP contribution in [-0.2, 0) is 39.2 Å². The molecule has 0 amide bonds. The Balaban J connectivity index is 1.21. The van der Waals surface area contributed by atoms with Crippen molar-refractivity contribution in [2.24, 2.45) is 0 Å². The van der Waals surface area contributed by atoms with E-state index >= 15 is 0 Å². The van der Waals surface area contributed by atoms with Gasteiger partial charge in [-0.2, -0.15) is 15.6 Å². The molecule has 2 aromatic carbocycles. The molecule has 2 aromatic heterocycles. The number of nitrogens with zero attached hydrogens (tertiary/aromatic N) is 5. The number of nitrogens with two attached hydrogens (primary N) is 1. The average molecular weight is 954 g/mol. The van der Waals surface area contributed by atoms with Crippen molar-refractivity contribution in [2.75, 3.05) is 18.9 Å². The van der Waals surface area contributed by atoms with Crippen molar-refractivity contribution in [3.05, 3.63) is 88.6 Å². The molecule has 1 saturated heterocycles. The molecule has 0 bridgehead atoms. The molecule has 14 nitrogen and oxygen atoms in total. The van der Waals surface area contributed by atoms with Crippen LogP contribution in [-0.4, -0.2) is 51.9 Å². The van der Waals surface area contributed by atoms with E-state index in [9.17, 15) is 19.5 Å². The van der Waals surface area contributed by atoms with Crippen LogP contribution in [0.3, 0.4) is 0 Å². The van der Waals surface area contributed by atoms with Gasteiger partial charge in [-0.05, 0) is 68.3 Å². The third kappa shape index (κ3) is 17.1. The fourth-order valence-corrected chi connectivity index (χ4v) is 9.62.